The Kier molecular flexibility index (Phi) is 3.70. The topological polar surface area (TPSA) is 64.1 Å². The minimum atomic E-state index is -0.449. The highest BCUT2D eigenvalue weighted by Gasteiger charge is 2.22. The third-order valence-corrected chi connectivity index (χ3v) is 3.88. The average molecular weight is 293 g/mol. The van der Waals surface area contributed by atoms with Gasteiger partial charge in [-0.1, -0.05) is 17.4 Å². The van der Waals surface area contributed by atoms with Gasteiger partial charge >= 0.3 is 0 Å². The first-order valence-corrected chi connectivity index (χ1v) is 7.06. The normalized spacial score (nSPS) is 18.1. The molecule has 2 heterocycles. The molecule has 1 N–H and O–H groups in total. The first-order chi connectivity index (χ1) is 9.72. The largest absolute Gasteiger partial charge is 0.371 e. The van der Waals surface area contributed by atoms with Crippen molar-refractivity contribution < 1.29 is 13.9 Å². The van der Waals surface area contributed by atoms with Crippen LogP contribution in [-0.4, -0.2) is 22.7 Å². The molecule has 0 unspecified atom stereocenters. The van der Waals surface area contributed by atoms with Gasteiger partial charge in [-0.2, -0.15) is 0 Å². The highest BCUT2D eigenvalue weighted by molar-refractivity contribution is 7.15. The zero-order valence-corrected chi connectivity index (χ0v) is 11.3. The van der Waals surface area contributed by atoms with Crippen LogP contribution in [0.4, 0.5) is 9.52 Å². The Morgan fingerprint density at radius 3 is 3.10 bits per heavy atom. The van der Waals surface area contributed by atoms with Gasteiger partial charge in [-0.25, -0.2) is 4.39 Å². The van der Waals surface area contributed by atoms with Crippen molar-refractivity contribution >= 4 is 22.4 Å². The number of hydrogen-bond donors (Lipinski definition) is 1. The van der Waals surface area contributed by atoms with Gasteiger partial charge in [0.05, 0.1) is 0 Å². The molecular weight excluding hydrogens is 281 g/mol. The van der Waals surface area contributed by atoms with Gasteiger partial charge in [0.2, 0.25) is 5.13 Å². The predicted molar refractivity (Wildman–Crippen MR) is 72.2 cm³/mol. The van der Waals surface area contributed by atoms with Crippen LogP contribution in [0, 0.1) is 5.82 Å². The summed E-state index contributed by atoms with van der Waals surface area (Å²) < 4.78 is 18.6. The van der Waals surface area contributed by atoms with Crippen molar-refractivity contribution in [2.24, 2.45) is 0 Å². The van der Waals surface area contributed by atoms with Crippen molar-refractivity contribution in [3.8, 4) is 0 Å². The molecule has 104 valence electrons. The van der Waals surface area contributed by atoms with Gasteiger partial charge in [-0.3, -0.25) is 10.1 Å². The van der Waals surface area contributed by atoms with Gasteiger partial charge in [-0.05, 0) is 31.0 Å². The molecular formula is C13H12FN3O2S. The molecule has 1 fully saturated rings. The van der Waals surface area contributed by atoms with Crippen LogP contribution in [0.15, 0.2) is 24.3 Å². The summed E-state index contributed by atoms with van der Waals surface area (Å²) in [5.41, 5.74) is 0.249. The van der Waals surface area contributed by atoms with Crippen molar-refractivity contribution in [2.45, 2.75) is 18.9 Å². The fourth-order valence-corrected chi connectivity index (χ4v) is 2.81. The first-order valence-electron chi connectivity index (χ1n) is 6.24. The summed E-state index contributed by atoms with van der Waals surface area (Å²) in [6, 6.07) is 5.50. The van der Waals surface area contributed by atoms with Crippen LogP contribution in [0.5, 0.6) is 0 Å². The molecule has 1 aliphatic heterocycles. The third-order valence-electron chi connectivity index (χ3n) is 2.95. The van der Waals surface area contributed by atoms with Gasteiger partial charge in [0.25, 0.3) is 5.91 Å². The molecule has 1 amide bonds. The van der Waals surface area contributed by atoms with E-state index in [-0.39, 0.29) is 11.7 Å². The SMILES string of the molecule is O=C(Nc1nnc([C@H]2CCCO2)s1)c1cccc(F)c1. The van der Waals surface area contributed by atoms with Crippen molar-refractivity contribution in [3.05, 3.63) is 40.7 Å². The standard InChI is InChI=1S/C13H12FN3O2S/c14-9-4-1-3-8(7-9)11(18)15-13-17-16-12(20-13)10-5-2-6-19-10/h1,3-4,7,10H,2,5-6H2,(H,15,17,18)/t10-/m1/s1. The number of carbonyl (C=O) groups excluding carboxylic acids is 1. The lowest BCUT2D eigenvalue weighted by Crippen LogP contribution is -2.11. The Balaban J connectivity index is 1.70. The van der Waals surface area contributed by atoms with E-state index in [1.165, 1.54) is 29.5 Å². The van der Waals surface area contributed by atoms with Gasteiger partial charge in [0, 0.05) is 12.2 Å². The summed E-state index contributed by atoms with van der Waals surface area (Å²) >= 11 is 1.28. The number of anilines is 1. The van der Waals surface area contributed by atoms with E-state index in [0.717, 1.165) is 24.5 Å². The fraction of sp³-hybridized carbons (Fsp3) is 0.308. The lowest BCUT2D eigenvalue weighted by Gasteiger charge is -2.02. The molecule has 0 spiro atoms. The van der Waals surface area contributed by atoms with E-state index in [9.17, 15) is 9.18 Å². The smallest absolute Gasteiger partial charge is 0.257 e. The fourth-order valence-electron chi connectivity index (χ4n) is 1.99. The summed E-state index contributed by atoms with van der Waals surface area (Å²) in [4.78, 5) is 11.9. The number of benzene rings is 1. The zero-order valence-electron chi connectivity index (χ0n) is 10.5. The molecule has 0 saturated carbocycles. The lowest BCUT2D eigenvalue weighted by molar-refractivity contribution is 0.102. The molecule has 1 atom stereocenters. The van der Waals surface area contributed by atoms with Crippen molar-refractivity contribution in [1.82, 2.24) is 10.2 Å². The van der Waals surface area contributed by atoms with Crippen LogP contribution < -0.4 is 5.32 Å². The molecule has 5 nitrogen and oxygen atoms in total. The van der Waals surface area contributed by atoms with E-state index >= 15 is 0 Å². The molecule has 0 bridgehead atoms. The summed E-state index contributed by atoms with van der Waals surface area (Å²) in [5.74, 6) is -0.852. The Labute approximate surface area is 118 Å². The third kappa shape index (κ3) is 2.83. The molecule has 0 aliphatic carbocycles. The monoisotopic (exact) mass is 293 g/mol. The number of amides is 1. The van der Waals surface area contributed by atoms with Crippen molar-refractivity contribution in [2.75, 3.05) is 11.9 Å². The van der Waals surface area contributed by atoms with E-state index in [1.807, 2.05) is 0 Å². The molecule has 3 rings (SSSR count). The highest BCUT2D eigenvalue weighted by Crippen LogP contribution is 2.31. The number of ether oxygens (including phenoxy) is 1. The molecule has 2 aromatic rings. The Morgan fingerprint density at radius 1 is 1.45 bits per heavy atom. The van der Waals surface area contributed by atoms with Gasteiger partial charge in [0.1, 0.15) is 16.9 Å². The summed E-state index contributed by atoms with van der Waals surface area (Å²) in [6.45, 7) is 0.731. The zero-order chi connectivity index (χ0) is 13.9. The molecule has 1 saturated heterocycles. The number of aromatic nitrogens is 2. The van der Waals surface area contributed by atoms with Gasteiger partial charge in [-0.15, -0.1) is 10.2 Å². The molecule has 20 heavy (non-hydrogen) atoms. The van der Waals surface area contributed by atoms with Gasteiger partial charge in [0.15, 0.2) is 0 Å². The quantitative estimate of drug-likeness (QED) is 0.945. The van der Waals surface area contributed by atoms with Crippen LogP contribution in [0.1, 0.15) is 34.3 Å². The highest BCUT2D eigenvalue weighted by atomic mass is 32.1. The maximum absolute atomic E-state index is 13.1. The molecule has 1 aliphatic rings. The second-order valence-corrected chi connectivity index (χ2v) is 5.42. The molecule has 7 heteroatoms. The van der Waals surface area contributed by atoms with Crippen LogP contribution in [-0.2, 0) is 4.74 Å². The van der Waals surface area contributed by atoms with Crippen molar-refractivity contribution in [1.29, 1.82) is 0 Å². The van der Waals surface area contributed by atoms with E-state index in [0.29, 0.717) is 5.13 Å². The number of nitrogens with one attached hydrogen (secondary N) is 1. The second kappa shape index (κ2) is 5.64. The van der Waals surface area contributed by atoms with Crippen molar-refractivity contribution in [3.63, 3.8) is 0 Å². The Morgan fingerprint density at radius 2 is 2.35 bits per heavy atom. The van der Waals surface area contributed by atoms with Crippen LogP contribution in [0.2, 0.25) is 0 Å². The van der Waals surface area contributed by atoms with Crippen LogP contribution in [0.3, 0.4) is 0 Å². The van der Waals surface area contributed by atoms with E-state index in [1.54, 1.807) is 6.07 Å². The van der Waals surface area contributed by atoms with Crippen LogP contribution in [0.25, 0.3) is 0 Å². The number of rotatable bonds is 3. The second-order valence-electron chi connectivity index (χ2n) is 4.41. The van der Waals surface area contributed by atoms with Gasteiger partial charge < -0.3 is 4.74 Å². The molecule has 1 aromatic carbocycles. The predicted octanol–water partition coefficient (Wildman–Crippen LogP) is 2.78. The van der Waals surface area contributed by atoms with Crippen LogP contribution >= 0.6 is 11.3 Å². The molecule has 1 aromatic heterocycles. The van der Waals surface area contributed by atoms with E-state index in [4.69, 9.17) is 4.74 Å². The minimum absolute atomic E-state index is 0.0210. The summed E-state index contributed by atoms with van der Waals surface area (Å²) in [5, 5.41) is 11.7. The van der Waals surface area contributed by atoms with E-state index < -0.39 is 11.7 Å². The average Bonchev–Trinajstić information content (AvgIpc) is 3.08. The number of hydrogen-bond acceptors (Lipinski definition) is 5. The lowest BCUT2D eigenvalue weighted by atomic mass is 10.2. The minimum Gasteiger partial charge on any atom is -0.371 e. The summed E-state index contributed by atoms with van der Waals surface area (Å²) in [7, 11) is 0. The van der Waals surface area contributed by atoms with E-state index in [2.05, 4.69) is 15.5 Å². The Bertz CT molecular complexity index is 626. The number of halogens is 1. The summed E-state index contributed by atoms with van der Waals surface area (Å²) in [6.07, 6.45) is 1.91. The number of nitrogens with zero attached hydrogens (tertiary/aromatic N) is 2. The molecule has 0 radical (unpaired) electrons. The Hall–Kier alpha value is -1.86. The maximum atomic E-state index is 13.1. The maximum Gasteiger partial charge on any atom is 0.257 e. The number of carbonyl (C=O) groups is 1. The first kappa shape index (κ1) is 13.1.